The van der Waals surface area contributed by atoms with Gasteiger partial charge in [-0.3, -0.25) is 9.59 Å². The highest BCUT2D eigenvalue weighted by molar-refractivity contribution is 9.10. The second-order valence-corrected chi connectivity index (χ2v) is 4.74. The van der Waals surface area contributed by atoms with Crippen LogP contribution < -0.4 is 16.4 Å². The monoisotopic (exact) mass is 349 g/mol. The molecule has 7 heteroatoms. The maximum atomic E-state index is 11.6. The van der Waals surface area contributed by atoms with E-state index < -0.39 is 0 Å². The zero-order valence-electron chi connectivity index (χ0n) is 10.5. The summed E-state index contributed by atoms with van der Waals surface area (Å²) in [5, 5.41) is 5.20. The predicted molar refractivity (Wildman–Crippen MR) is 80.0 cm³/mol. The highest BCUT2D eigenvalue weighted by Gasteiger charge is 2.10. The fourth-order valence-corrected chi connectivity index (χ4v) is 1.82. The first-order valence-electron chi connectivity index (χ1n) is 5.54. The van der Waals surface area contributed by atoms with Crippen LogP contribution in [-0.4, -0.2) is 24.9 Å². The quantitative estimate of drug-likeness (QED) is 0.744. The molecule has 1 unspecified atom stereocenters. The normalized spacial score (nSPS) is 11.1. The lowest BCUT2D eigenvalue weighted by Crippen LogP contribution is -2.40. The molecule has 0 aliphatic heterocycles. The Morgan fingerprint density at radius 1 is 1.37 bits per heavy atom. The Bertz CT molecular complexity index is 443. The standard InChI is InChI=1S/C12H16BrN3O2.ClH/c1-8(9-3-2-4-10(13)5-9)16-12(18)7-15-11(17)6-14;/h2-5,8H,6-7,14H2,1H3,(H,15,17)(H,16,18);1H. The van der Waals surface area contributed by atoms with Crippen molar-refractivity contribution in [1.29, 1.82) is 0 Å². The second-order valence-electron chi connectivity index (χ2n) is 3.83. The molecule has 0 radical (unpaired) electrons. The van der Waals surface area contributed by atoms with Gasteiger partial charge in [0.25, 0.3) is 0 Å². The van der Waals surface area contributed by atoms with Crippen LogP contribution in [0.3, 0.4) is 0 Å². The molecule has 5 nitrogen and oxygen atoms in total. The molecule has 19 heavy (non-hydrogen) atoms. The van der Waals surface area contributed by atoms with E-state index in [1.54, 1.807) is 0 Å². The van der Waals surface area contributed by atoms with E-state index in [1.807, 2.05) is 31.2 Å². The van der Waals surface area contributed by atoms with Crippen molar-refractivity contribution in [3.05, 3.63) is 34.3 Å². The summed E-state index contributed by atoms with van der Waals surface area (Å²) in [5.41, 5.74) is 6.11. The van der Waals surface area contributed by atoms with Crippen molar-refractivity contribution in [2.24, 2.45) is 5.73 Å². The average Bonchev–Trinajstić information content (AvgIpc) is 2.35. The zero-order valence-corrected chi connectivity index (χ0v) is 12.9. The molecule has 0 spiro atoms. The Kier molecular flexibility index (Phi) is 8.38. The van der Waals surface area contributed by atoms with Gasteiger partial charge in [-0.05, 0) is 24.6 Å². The molecule has 1 aromatic carbocycles. The molecule has 0 aliphatic rings. The first kappa shape index (κ1) is 17.9. The van der Waals surface area contributed by atoms with Gasteiger partial charge in [-0.25, -0.2) is 0 Å². The van der Waals surface area contributed by atoms with Gasteiger partial charge in [0.2, 0.25) is 11.8 Å². The van der Waals surface area contributed by atoms with E-state index in [-0.39, 0.29) is 43.4 Å². The minimum atomic E-state index is -0.347. The van der Waals surface area contributed by atoms with E-state index in [1.165, 1.54) is 0 Å². The number of carbonyl (C=O) groups is 2. The van der Waals surface area contributed by atoms with Gasteiger partial charge in [0.1, 0.15) is 0 Å². The van der Waals surface area contributed by atoms with Gasteiger partial charge in [-0.1, -0.05) is 28.1 Å². The van der Waals surface area contributed by atoms with E-state index in [9.17, 15) is 9.59 Å². The molecule has 0 aliphatic carbocycles. The summed E-state index contributed by atoms with van der Waals surface area (Å²) < 4.78 is 0.956. The Morgan fingerprint density at radius 3 is 2.63 bits per heavy atom. The summed E-state index contributed by atoms with van der Waals surface area (Å²) in [6.07, 6.45) is 0. The fourth-order valence-electron chi connectivity index (χ4n) is 1.40. The maximum Gasteiger partial charge on any atom is 0.239 e. The summed E-state index contributed by atoms with van der Waals surface area (Å²) in [4.78, 5) is 22.4. The van der Waals surface area contributed by atoms with Crippen molar-refractivity contribution < 1.29 is 9.59 Å². The van der Waals surface area contributed by atoms with Crippen molar-refractivity contribution in [2.75, 3.05) is 13.1 Å². The van der Waals surface area contributed by atoms with Crippen LogP contribution in [0.4, 0.5) is 0 Å². The van der Waals surface area contributed by atoms with Gasteiger partial charge in [0.15, 0.2) is 0 Å². The van der Waals surface area contributed by atoms with E-state index in [0.717, 1.165) is 10.0 Å². The Labute approximate surface area is 126 Å². The molecule has 1 rings (SSSR count). The smallest absolute Gasteiger partial charge is 0.239 e. The molecular formula is C12H17BrClN3O2. The van der Waals surface area contributed by atoms with Crippen LogP contribution >= 0.6 is 28.3 Å². The first-order valence-corrected chi connectivity index (χ1v) is 6.34. The van der Waals surface area contributed by atoms with Crippen LogP contribution in [0.2, 0.25) is 0 Å². The lowest BCUT2D eigenvalue weighted by atomic mass is 10.1. The maximum absolute atomic E-state index is 11.6. The van der Waals surface area contributed by atoms with Crippen LogP contribution in [0.15, 0.2) is 28.7 Å². The highest BCUT2D eigenvalue weighted by Crippen LogP contribution is 2.17. The number of halogens is 2. The number of nitrogens with two attached hydrogens (primary N) is 1. The number of rotatable bonds is 5. The molecule has 0 aromatic heterocycles. The van der Waals surface area contributed by atoms with Crippen LogP contribution in [0.25, 0.3) is 0 Å². The van der Waals surface area contributed by atoms with E-state index >= 15 is 0 Å². The number of carbonyl (C=O) groups excluding carboxylic acids is 2. The largest absolute Gasteiger partial charge is 0.348 e. The van der Waals surface area contributed by atoms with Crippen LogP contribution in [0.1, 0.15) is 18.5 Å². The highest BCUT2D eigenvalue weighted by atomic mass is 79.9. The molecule has 0 heterocycles. The average molecular weight is 351 g/mol. The molecule has 0 fully saturated rings. The summed E-state index contributed by atoms with van der Waals surface area (Å²) in [7, 11) is 0. The molecule has 106 valence electrons. The van der Waals surface area contributed by atoms with Crippen molar-refractivity contribution in [2.45, 2.75) is 13.0 Å². The molecule has 2 amide bonds. The topological polar surface area (TPSA) is 84.2 Å². The Balaban J connectivity index is 0.00000324. The van der Waals surface area contributed by atoms with Crippen molar-refractivity contribution in [3.8, 4) is 0 Å². The summed E-state index contributed by atoms with van der Waals surface area (Å²) >= 11 is 3.37. The van der Waals surface area contributed by atoms with Crippen LogP contribution in [0.5, 0.6) is 0 Å². The minimum Gasteiger partial charge on any atom is -0.348 e. The number of hydrogen-bond donors (Lipinski definition) is 3. The van der Waals surface area contributed by atoms with Crippen molar-refractivity contribution >= 4 is 40.2 Å². The summed E-state index contributed by atoms with van der Waals surface area (Å²) in [6.45, 7) is 1.70. The SMILES string of the molecule is CC(NC(=O)CNC(=O)CN)c1cccc(Br)c1.Cl. The van der Waals surface area contributed by atoms with Gasteiger partial charge in [-0.2, -0.15) is 0 Å². The number of benzene rings is 1. The van der Waals surface area contributed by atoms with Gasteiger partial charge < -0.3 is 16.4 Å². The molecular weight excluding hydrogens is 334 g/mol. The van der Waals surface area contributed by atoms with Crippen LogP contribution in [0, 0.1) is 0 Å². The number of nitrogens with one attached hydrogen (secondary N) is 2. The molecule has 0 bridgehead atoms. The zero-order chi connectivity index (χ0) is 13.5. The lowest BCUT2D eigenvalue weighted by Gasteiger charge is -2.14. The van der Waals surface area contributed by atoms with Gasteiger partial charge in [-0.15, -0.1) is 12.4 Å². The molecule has 0 saturated heterocycles. The minimum absolute atomic E-state index is 0. The summed E-state index contributed by atoms with van der Waals surface area (Å²) in [5.74, 6) is -0.593. The molecule has 1 atom stereocenters. The van der Waals surface area contributed by atoms with Gasteiger partial charge in [0, 0.05) is 4.47 Å². The van der Waals surface area contributed by atoms with E-state index in [4.69, 9.17) is 5.73 Å². The van der Waals surface area contributed by atoms with Gasteiger partial charge in [0.05, 0.1) is 19.1 Å². The Morgan fingerprint density at radius 2 is 2.05 bits per heavy atom. The molecule has 0 saturated carbocycles. The van der Waals surface area contributed by atoms with E-state index in [0.29, 0.717) is 0 Å². The van der Waals surface area contributed by atoms with Crippen molar-refractivity contribution in [3.63, 3.8) is 0 Å². The third-order valence-electron chi connectivity index (χ3n) is 2.36. The molecule has 4 N–H and O–H groups in total. The van der Waals surface area contributed by atoms with E-state index in [2.05, 4.69) is 26.6 Å². The predicted octanol–water partition coefficient (Wildman–Crippen LogP) is 1.12. The third-order valence-corrected chi connectivity index (χ3v) is 2.85. The summed E-state index contributed by atoms with van der Waals surface area (Å²) in [6, 6.07) is 7.56. The lowest BCUT2D eigenvalue weighted by molar-refractivity contribution is -0.125. The van der Waals surface area contributed by atoms with Crippen molar-refractivity contribution in [1.82, 2.24) is 10.6 Å². The number of hydrogen-bond acceptors (Lipinski definition) is 3. The fraction of sp³-hybridized carbons (Fsp3) is 0.333. The Hall–Kier alpha value is -1.11. The third kappa shape index (κ3) is 6.56. The molecule has 1 aromatic rings. The van der Waals surface area contributed by atoms with Gasteiger partial charge >= 0.3 is 0 Å². The van der Waals surface area contributed by atoms with Crippen LogP contribution in [-0.2, 0) is 9.59 Å². The second kappa shape index (κ2) is 8.90. The number of amides is 2. The first-order chi connectivity index (χ1) is 8.52.